The lowest BCUT2D eigenvalue weighted by atomic mass is 10.1. The van der Waals surface area contributed by atoms with Gasteiger partial charge in [0.25, 0.3) is 0 Å². The van der Waals surface area contributed by atoms with Gasteiger partial charge in [0.15, 0.2) is 0 Å². The van der Waals surface area contributed by atoms with Crippen LogP contribution in [0.3, 0.4) is 0 Å². The van der Waals surface area contributed by atoms with Crippen molar-refractivity contribution in [3.05, 3.63) is 0 Å². The Morgan fingerprint density at radius 2 is 2.00 bits per heavy atom. The topological polar surface area (TPSA) is 61.4 Å². The normalized spacial score (nSPS) is 12.6. The molecule has 0 radical (unpaired) electrons. The molecule has 3 N–H and O–H groups in total. The van der Waals surface area contributed by atoms with Gasteiger partial charge in [-0.3, -0.25) is 0 Å². The Balaban J connectivity index is 3.31. The lowest BCUT2D eigenvalue weighted by molar-refractivity contribution is 0.226. The molecule has 0 bridgehead atoms. The highest BCUT2D eigenvalue weighted by atomic mass is 16.3. The second-order valence-electron chi connectivity index (χ2n) is 3.98. The minimum absolute atomic E-state index is 0.114. The first-order chi connectivity index (χ1) is 6.56. The number of aliphatic hydroxyl groups is 1. The van der Waals surface area contributed by atoms with Crippen LogP contribution in [0.25, 0.3) is 0 Å². The molecular formula is C10H22N2O2. The first-order valence-electron chi connectivity index (χ1n) is 5.21. The molecular weight excluding hydrogens is 180 g/mol. The van der Waals surface area contributed by atoms with E-state index < -0.39 is 0 Å². The fraction of sp³-hybridized carbons (Fsp3) is 0.900. The van der Waals surface area contributed by atoms with E-state index >= 15 is 0 Å². The van der Waals surface area contributed by atoms with Crippen molar-refractivity contribution >= 4 is 6.03 Å². The van der Waals surface area contributed by atoms with Crippen LogP contribution in [0.1, 0.15) is 33.6 Å². The van der Waals surface area contributed by atoms with Crippen LogP contribution in [0.4, 0.5) is 4.79 Å². The van der Waals surface area contributed by atoms with E-state index in [0.717, 1.165) is 12.8 Å². The Hall–Kier alpha value is -0.770. The Labute approximate surface area is 86.1 Å². The van der Waals surface area contributed by atoms with Gasteiger partial charge in [0.1, 0.15) is 0 Å². The summed E-state index contributed by atoms with van der Waals surface area (Å²) in [7, 11) is 0. The Kier molecular flexibility index (Phi) is 7.20. The maximum absolute atomic E-state index is 11.1. The predicted molar refractivity (Wildman–Crippen MR) is 57.2 cm³/mol. The highest BCUT2D eigenvalue weighted by Gasteiger charge is 2.02. The van der Waals surface area contributed by atoms with Crippen LogP contribution in [-0.4, -0.2) is 30.3 Å². The molecule has 0 aromatic carbocycles. The molecule has 1 atom stereocenters. The lowest BCUT2D eigenvalue weighted by Crippen LogP contribution is -2.39. The van der Waals surface area contributed by atoms with E-state index in [2.05, 4.69) is 10.6 Å². The van der Waals surface area contributed by atoms with Crippen molar-refractivity contribution in [3.8, 4) is 0 Å². The highest BCUT2D eigenvalue weighted by Crippen LogP contribution is 2.02. The number of rotatable bonds is 6. The maximum Gasteiger partial charge on any atom is 0.314 e. The second kappa shape index (κ2) is 7.62. The molecule has 0 saturated carbocycles. The van der Waals surface area contributed by atoms with Gasteiger partial charge < -0.3 is 15.7 Å². The molecule has 0 heterocycles. The number of hydrogen-bond acceptors (Lipinski definition) is 2. The number of nitrogens with one attached hydrogen (secondary N) is 2. The average molecular weight is 202 g/mol. The molecule has 0 aliphatic heterocycles. The zero-order chi connectivity index (χ0) is 11.0. The largest absolute Gasteiger partial charge is 0.396 e. The first kappa shape index (κ1) is 13.2. The van der Waals surface area contributed by atoms with Gasteiger partial charge in [0.2, 0.25) is 0 Å². The zero-order valence-electron chi connectivity index (χ0n) is 9.34. The molecule has 14 heavy (non-hydrogen) atoms. The van der Waals surface area contributed by atoms with Crippen LogP contribution in [0.15, 0.2) is 0 Å². The van der Waals surface area contributed by atoms with Gasteiger partial charge >= 0.3 is 6.03 Å². The van der Waals surface area contributed by atoms with Crippen molar-refractivity contribution in [1.82, 2.24) is 10.6 Å². The highest BCUT2D eigenvalue weighted by molar-refractivity contribution is 5.73. The van der Waals surface area contributed by atoms with E-state index in [4.69, 9.17) is 5.11 Å². The quantitative estimate of drug-likeness (QED) is 0.565. The molecule has 0 aliphatic carbocycles. The number of hydrogen-bond donors (Lipinski definition) is 3. The summed E-state index contributed by atoms with van der Waals surface area (Å²) in [5, 5.41) is 14.3. The smallest absolute Gasteiger partial charge is 0.314 e. The summed E-state index contributed by atoms with van der Waals surface area (Å²) in [6.07, 6.45) is 1.85. The number of carbonyl (C=O) groups excluding carboxylic acids is 1. The molecule has 4 nitrogen and oxygen atoms in total. The number of urea groups is 1. The summed E-state index contributed by atoms with van der Waals surface area (Å²) in [6, 6.07) is 0.0583. The monoisotopic (exact) mass is 202 g/mol. The molecule has 0 aliphatic rings. The minimum Gasteiger partial charge on any atom is -0.396 e. The first-order valence-corrected chi connectivity index (χ1v) is 5.21. The molecule has 0 aromatic heterocycles. The van der Waals surface area contributed by atoms with Crippen LogP contribution in [0.5, 0.6) is 0 Å². The van der Waals surface area contributed by atoms with Crippen LogP contribution < -0.4 is 10.6 Å². The van der Waals surface area contributed by atoms with Crippen molar-refractivity contribution in [3.63, 3.8) is 0 Å². The number of amides is 2. The van der Waals surface area contributed by atoms with Crippen LogP contribution in [-0.2, 0) is 0 Å². The summed E-state index contributed by atoms with van der Waals surface area (Å²) in [6.45, 7) is 6.73. The Morgan fingerprint density at radius 1 is 1.36 bits per heavy atom. The van der Waals surface area contributed by atoms with E-state index in [9.17, 15) is 4.79 Å². The third kappa shape index (κ3) is 7.86. The fourth-order valence-corrected chi connectivity index (χ4v) is 1.06. The van der Waals surface area contributed by atoms with E-state index in [1.165, 1.54) is 0 Å². The molecule has 0 fully saturated rings. The maximum atomic E-state index is 11.1. The van der Waals surface area contributed by atoms with Gasteiger partial charge in [-0.25, -0.2) is 4.79 Å². The minimum atomic E-state index is -0.114. The summed E-state index contributed by atoms with van der Waals surface area (Å²) in [4.78, 5) is 11.1. The van der Waals surface area contributed by atoms with E-state index in [1.54, 1.807) is 0 Å². The number of aliphatic hydroxyl groups excluding tert-OH is 1. The predicted octanol–water partition coefficient (Wildman–Crippen LogP) is 1.10. The van der Waals surface area contributed by atoms with Crippen LogP contribution >= 0.6 is 0 Å². The summed E-state index contributed by atoms with van der Waals surface area (Å²) in [5.41, 5.74) is 0. The van der Waals surface area contributed by atoms with E-state index in [-0.39, 0.29) is 18.7 Å². The molecule has 4 heteroatoms. The standard InChI is InChI=1S/C10H22N2O2/c1-8(2)12-10(14)11-6-4-5-9(3)7-13/h8-9,13H,4-7H2,1-3H3,(H2,11,12,14). The van der Waals surface area contributed by atoms with Gasteiger partial charge in [-0.1, -0.05) is 6.92 Å². The third-order valence-corrected chi connectivity index (χ3v) is 1.89. The zero-order valence-corrected chi connectivity index (χ0v) is 9.34. The molecule has 0 rings (SSSR count). The van der Waals surface area contributed by atoms with Crippen molar-refractivity contribution in [2.24, 2.45) is 5.92 Å². The van der Waals surface area contributed by atoms with Crippen molar-refractivity contribution < 1.29 is 9.90 Å². The van der Waals surface area contributed by atoms with E-state index in [0.29, 0.717) is 12.5 Å². The van der Waals surface area contributed by atoms with Crippen molar-refractivity contribution in [2.75, 3.05) is 13.2 Å². The summed E-state index contributed by atoms with van der Waals surface area (Å²) < 4.78 is 0. The Morgan fingerprint density at radius 3 is 2.50 bits per heavy atom. The van der Waals surface area contributed by atoms with Gasteiger partial charge in [-0.2, -0.15) is 0 Å². The third-order valence-electron chi connectivity index (χ3n) is 1.89. The summed E-state index contributed by atoms with van der Waals surface area (Å²) >= 11 is 0. The van der Waals surface area contributed by atoms with E-state index in [1.807, 2.05) is 20.8 Å². The van der Waals surface area contributed by atoms with Crippen molar-refractivity contribution in [2.45, 2.75) is 39.7 Å². The van der Waals surface area contributed by atoms with Gasteiger partial charge in [0, 0.05) is 19.2 Å². The lowest BCUT2D eigenvalue weighted by Gasteiger charge is -2.11. The second-order valence-corrected chi connectivity index (χ2v) is 3.98. The molecule has 1 unspecified atom stereocenters. The summed E-state index contributed by atoms with van der Waals surface area (Å²) in [5.74, 6) is 0.324. The molecule has 0 spiro atoms. The molecule has 84 valence electrons. The fourth-order valence-electron chi connectivity index (χ4n) is 1.06. The average Bonchev–Trinajstić information content (AvgIpc) is 2.10. The molecule has 0 aromatic rings. The number of carbonyl (C=O) groups is 1. The molecule has 0 saturated heterocycles. The van der Waals surface area contributed by atoms with Gasteiger partial charge in [0.05, 0.1) is 0 Å². The molecule has 2 amide bonds. The van der Waals surface area contributed by atoms with Crippen LogP contribution in [0, 0.1) is 5.92 Å². The van der Waals surface area contributed by atoms with Gasteiger partial charge in [-0.05, 0) is 32.6 Å². The Bertz CT molecular complexity index is 160. The van der Waals surface area contributed by atoms with Crippen LogP contribution in [0.2, 0.25) is 0 Å². The van der Waals surface area contributed by atoms with Crippen molar-refractivity contribution in [1.29, 1.82) is 0 Å². The SMILES string of the molecule is CC(CO)CCCNC(=O)NC(C)C. The van der Waals surface area contributed by atoms with Gasteiger partial charge in [-0.15, -0.1) is 0 Å².